The smallest absolute Gasteiger partial charge is 0.231 e. The van der Waals surface area contributed by atoms with E-state index in [-0.39, 0.29) is 29.1 Å². The number of hydrogen-bond donors (Lipinski definition) is 2. The van der Waals surface area contributed by atoms with E-state index in [1.165, 1.54) is 18.4 Å². The maximum atomic E-state index is 12.6. The molecule has 0 radical (unpaired) electrons. The van der Waals surface area contributed by atoms with Crippen molar-refractivity contribution < 1.29 is 24.1 Å². The summed E-state index contributed by atoms with van der Waals surface area (Å²) in [6, 6.07) is 7.76. The van der Waals surface area contributed by atoms with Crippen molar-refractivity contribution in [2.24, 2.45) is 0 Å². The molecular formula is C16H10O6. The maximum Gasteiger partial charge on any atom is 0.231 e. The third kappa shape index (κ3) is 1.70. The summed E-state index contributed by atoms with van der Waals surface area (Å²) in [5.41, 5.74) is 0.590. The highest BCUT2D eigenvalue weighted by Gasteiger charge is 2.18. The predicted octanol–water partition coefficient (Wildman–Crippen LogP) is 2.60. The van der Waals surface area contributed by atoms with Crippen LogP contribution in [0.25, 0.3) is 22.1 Å². The number of phenolic OH excluding ortho intramolecular Hbond substituents is 2. The lowest BCUT2D eigenvalue weighted by molar-refractivity contribution is 0.174. The van der Waals surface area contributed by atoms with Crippen LogP contribution in [0.2, 0.25) is 0 Å². The quantitative estimate of drug-likeness (QED) is 0.671. The Kier molecular flexibility index (Phi) is 2.53. The summed E-state index contributed by atoms with van der Waals surface area (Å²) in [6.45, 7) is 0.139. The second-order valence-electron chi connectivity index (χ2n) is 4.85. The number of rotatable bonds is 1. The van der Waals surface area contributed by atoms with Crippen LogP contribution in [0.4, 0.5) is 0 Å². The van der Waals surface area contributed by atoms with Gasteiger partial charge in [-0.15, -0.1) is 0 Å². The van der Waals surface area contributed by atoms with Crippen molar-refractivity contribution in [3.05, 3.63) is 46.8 Å². The third-order valence-corrected chi connectivity index (χ3v) is 3.58. The van der Waals surface area contributed by atoms with Crippen LogP contribution in [-0.2, 0) is 0 Å². The van der Waals surface area contributed by atoms with Gasteiger partial charge < -0.3 is 24.1 Å². The first kappa shape index (κ1) is 12.6. The molecule has 6 nitrogen and oxygen atoms in total. The van der Waals surface area contributed by atoms with Crippen LogP contribution in [0.5, 0.6) is 23.0 Å². The number of hydrogen-bond acceptors (Lipinski definition) is 6. The lowest BCUT2D eigenvalue weighted by Gasteiger charge is -2.06. The summed E-state index contributed by atoms with van der Waals surface area (Å²) in [6.07, 6.45) is 1.32. The summed E-state index contributed by atoms with van der Waals surface area (Å²) in [5, 5.41) is 19.4. The van der Waals surface area contributed by atoms with Gasteiger partial charge in [-0.25, -0.2) is 0 Å². The largest absolute Gasteiger partial charge is 0.504 e. The van der Waals surface area contributed by atoms with Gasteiger partial charge in [0.25, 0.3) is 0 Å². The fourth-order valence-corrected chi connectivity index (χ4v) is 2.45. The summed E-state index contributed by atoms with van der Waals surface area (Å²) in [7, 11) is 0. The van der Waals surface area contributed by atoms with Crippen molar-refractivity contribution in [3.63, 3.8) is 0 Å². The van der Waals surface area contributed by atoms with Gasteiger partial charge in [0.15, 0.2) is 23.0 Å². The van der Waals surface area contributed by atoms with E-state index in [2.05, 4.69) is 0 Å². The molecule has 6 heteroatoms. The molecule has 0 atom stereocenters. The molecular weight excluding hydrogens is 288 g/mol. The van der Waals surface area contributed by atoms with Crippen molar-refractivity contribution in [1.82, 2.24) is 0 Å². The number of fused-ring (bicyclic) bond motifs is 2. The van der Waals surface area contributed by atoms with Crippen molar-refractivity contribution in [1.29, 1.82) is 0 Å². The summed E-state index contributed by atoms with van der Waals surface area (Å²) < 4.78 is 15.9. The van der Waals surface area contributed by atoms with Crippen molar-refractivity contribution in [2.45, 2.75) is 0 Å². The van der Waals surface area contributed by atoms with Gasteiger partial charge in [0.05, 0.1) is 5.56 Å². The lowest BCUT2D eigenvalue weighted by Crippen LogP contribution is -2.05. The zero-order valence-corrected chi connectivity index (χ0v) is 11.2. The molecule has 3 aromatic rings. The third-order valence-electron chi connectivity index (χ3n) is 3.58. The average Bonchev–Trinajstić information content (AvgIpc) is 2.98. The van der Waals surface area contributed by atoms with Gasteiger partial charge in [0.2, 0.25) is 12.2 Å². The van der Waals surface area contributed by atoms with E-state index < -0.39 is 11.2 Å². The van der Waals surface area contributed by atoms with Gasteiger partial charge in [-0.05, 0) is 29.8 Å². The van der Waals surface area contributed by atoms with Gasteiger partial charge in [-0.3, -0.25) is 4.79 Å². The highest BCUT2D eigenvalue weighted by molar-refractivity contribution is 5.89. The van der Waals surface area contributed by atoms with Gasteiger partial charge in [-0.1, -0.05) is 6.07 Å². The van der Waals surface area contributed by atoms with E-state index in [9.17, 15) is 15.0 Å². The second kappa shape index (κ2) is 4.42. The number of benzene rings is 2. The topological polar surface area (TPSA) is 89.1 Å². The van der Waals surface area contributed by atoms with E-state index in [0.29, 0.717) is 17.1 Å². The molecule has 1 aliphatic rings. The molecule has 2 N–H and O–H groups in total. The zero-order valence-electron chi connectivity index (χ0n) is 11.2. The minimum Gasteiger partial charge on any atom is -0.504 e. The standard InChI is InChI=1S/C16H10O6/c17-10-2-4-12-14(16(10)19)15(18)9(6-20-12)8-1-3-11-13(5-8)22-7-21-11/h1-6,17,19H,7H2. The lowest BCUT2D eigenvalue weighted by atomic mass is 10.0. The molecule has 0 bridgehead atoms. The van der Waals surface area contributed by atoms with E-state index in [0.717, 1.165) is 0 Å². The maximum absolute atomic E-state index is 12.6. The number of ether oxygens (including phenoxy) is 2. The van der Waals surface area contributed by atoms with Crippen molar-refractivity contribution >= 4 is 11.0 Å². The Labute approximate surface area is 123 Å². The van der Waals surface area contributed by atoms with Crippen LogP contribution in [-0.4, -0.2) is 17.0 Å². The molecule has 0 spiro atoms. The normalized spacial score (nSPS) is 12.7. The molecule has 0 fully saturated rings. The Hall–Kier alpha value is -3.15. The van der Waals surface area contributed by atoms with E-state index in [1.54, 1.807) is 18.2 Å². The fraction of sp³-hybridized carbons (Fsp3) is 0.0625. The summed E-state index contributed by atoms with van der Waals surface area (Å²) in [4.78, 5) is 12.6. The molecule has 0 amide bonds. The molecule has 1 aromatic heterocycles. The van der Waals surface area contributed by atoms with Crippen LogP contribution in [0.15, 0.2) is 45.8 Å². The van der Waals surface area contributed by atoms with Gasteiger partial charge >= 0.3 is 0 Å². The van der Waals surface area contributed by atoms with Crippen LogP contribution in [0, 0.1) is 0 Å². The molecule has 0 aliphatic carbocycles. The zero-order chi connectivity index (χ0) is 15.3. The van der Waals surface area contributed by atoms with Crippen LogP contribution in [0.3, 0.4) is 0 Å². The summed E-state index contributed by atoms with van der Waals surface area (Å²) in [5.74, 6) is 0.281. The second-order valence-corrected chi connectivity index (χ2v) is 4.85. The predicted molar refractivity (Wildman–Crippen MR) is 77.4 cm³/mol. The van der Waals surface area contributed by atoms with Crippen molar-refractivity contribution in [3.8, 4) is 34.1 Å². The van der Waals surface area contributed by atoms with E-state index >= 15 is 0 Å². The molecule has 4 rings (SSSR count). The van der Waals surface area contributed by atoms with Crippen LogP contribution >= 0.6 is 0 Å². The van der Waals surface area contributed by atoms with Gasteiger partial charge in [-0.2, -0.15) is 0 Å². The average molecular weight is 298 g/mol. The number of phenols is 2. The Balaban J connectivity index is 1.98. The molecule has 1 aliphatic heterocycles. The van der Waals surface area contributed by atoms with E-state index in [1.807, 2.05) is 0 Å². The Bertz CT molecular complexity index is 957. The van der Waals surface area contributed by atoms with Gasteiger partial charge in [0.1, 0.15) is 17.2 Å². The molecule has 110 valence electrons. The highest BCUT2D eigenvalue weighted by atomic mass is 16.7. The first-order chi connectivity index (χ1) is 10.6. The SMILES string of the molecule is O=c1c(-c2ccc3c(c2)OCO3)coc2ccc(O)c(O)c12. The first-order valence-corrected chi connectivity index (χ1v) is 6.51. The van der Waals surface area contributed by atoms with E-state index in [4.69, 9.17) is 13.9 Å². The number of aromatic hydroxyl groups is 2. The molecule has 2 heterocycles. The highest BCUT2D eigenvalue weighted by Crippen LogP contribution is 2.37. The molecule has 2 aromatic carbocycles. The summed E-state index contributed by atoms with van der Waals surface area (Å²) >= 11 is 0. The minimum absolute atomic E-state index is 0.0600. The Morgan fingerprint density at radius 3 is 2.68 bits per heavy atom. The van der Waals surface area contributed by atoms with Gasteiger partial charge in [0, 0.05) is 0 Å². The van der Waals surface area contributed by atoms with Crippen molar-refractivity contribution in [2.75, 3.05) is 6.79 Å². The first-order valence-electron chi connectivity index (χ1n) is 6.51. The minimum atomic E-state index is -0.492. The Morgan fingerprint density at radius 2 is 1.82 bits per heavy atom. The molecule has 0 saturated heterocycles. The molecule has 0 saturated carbocycles. The monoisotopic (exact) mass is 298 g/mol. The molecule has 22 heavy (non-hydrogen) atoms. The van der Waals surface area contributed by atoms with Crippen LogP contribution in [0.1, 0.15) is 0 Å². The van der Waals surface area contributed by atoms with Crippen LogP contribution < -0.4 is 14.9 Å². The molecule has 0 unspecified atom stereocenters. The Morgan fingerprint density at radius 1 is 1.00 bits per heavy atom. The fourth-order valence-electron chi connectivity index (χ4n) is 2.45.